The van der Waals surface area contributed by atoms with Crippen molar-refractivity contribution in [1.29, 1.82) is 0 Å². The summed E-state index contributed by atoms with van der Waals surface area (Å²) in [6.45, 7) is 4.47. The molecule has 1 fully saturated rings. The van der Waals surface area contributed by atoms with Crippen molar-refractivity contribution in [3.8, 4) is 0 Å². The van der Waals surface area contributed by atoms with E-state index in [9.17, 15) is 4.79 Å². The van der Waals surface area contributed by atoms with Gasteiger partial charge in [-0.15, -0.1) is 0 Å². The average molecular weight is 196 g/mol. The number of unbranched alkanes of at least 4 members (excludes halogenated alkanes) is 2. The SMILES string of the molecule is CCCCC1CC(=O)CC1CCCC. The number of ketones is 1. The van der Waals surface area contributed by atoms with Crippen LogP contribution in [0.25, 0.3) is 0 Å². The third kappa shape index (κ3) is 3.43. The van der Waals surface area contributed by atoms with Gasteiger partial charge in [0.2, 0.25) is 0 Å². The fourth-order valence-electron chi connectivity index (χ4n) is 2.61. The standard InChI is InChI=1S/C13H24O/c1-3-5-7-11-9-13(14)10-12(11)8-6-4-2/h11-12H,3-10H2,1-2H3. The topological polar surface area (TPSA) is 17.1 Å². The van der Waals surface area contributed by atoms with E-state index in [4.69, 9.17) is 0 Å². The van der Waals surface area contributed by atoms with E-state index in [1.807, 2.05) is 0 Å². The van der Waals surface area contributed by atoms with E-state index in [0.29, 0.717) is 5.78 Å². The summed E-state index contributed by atoms with van der Waals surface area (Å²) in [6.07, 6.45) is 9.49. The molecular formula is C13H24O. The second kappa shape index (κ2) is 6.21. The molecule has 1 heteroatoms. The van der Waals surface area contributed by atoms with Gasteiger partial charge in [-0.25, -0.2) is 0 Å². The minimum atomic E-state index is 0.521. The number of hydrogen-bond acceptors (Lipinski definition) is 1. The molecule has 2 atom stereocenters. The van der Waals surface area contributed by atoms with E-state index in [1.165, 1.54) is 38.5 Å². The van der Waals surface area contributed by atoms with Crippen LogP contribution in [0.1, 0.15) is 65.2 Å². The predicted molar refractivity (Wildman–Crippen MR) is 60.3 cm³/mol. The molecule has 14 heavy (non-hydrogen) atoms. The predicted octanol–water partition coefficient (Wildman–Crippen LogP) is 3.96. The number of carbonyl (C=O) groups excluding carboxylic acids is 1. The molecule has 1 saturated carbocycles. The van der Waals surface area contributed by atoms with Crippen molar-refractivity contribution in [3.63, 3.8) is 0 Å². The van der Waals surface area contributed by atoms with Crippen LogP contribution in [0.3, 0.4) is 0 Å². The van der Waals surface area contributed by atoms with Crippen molar-refractivity contribution in [2.45, 2.75) is 65.2 Å². The van der Waals surface area contributed by atoms with Gasteiger partial charge in [0.25, 0.3) is 0 Å². The Balaban J connectivity index is 2.33. The van der Waals surface area contributed by atoms with Gasteiger partial charge in [0, 0.05) is 12.8 Å². The average Bonchev–Trinajstić information content (AvgIpc) is 2.52. The number of rotatable bonds is 6. The highest BCUT2D eigenvalue weighted by molar-refractivity contribution is 5.81. The van der Waals surface area contributed by atoms with E-state index >= 15 is 0 Å². The lowest BCUT2D eigenvalue weighted by molar-refractivity contribution is -0.117. The molecule has 0 aliphatic heterocycles. The lowest BCUT2D eigenvalue weighted by atomic mass is 9.87. The van der Waals surface area contributed by atoms with Crippen LogP contribution in [0, 0.1) is 11.8 Å². The molecule has 0 spiro atoms. The van der Waals surface area contributed by atoms with Crippen molar-refractivity contribution >= 4 is 5.78 Å². The van der Waals surface area contributed by atoms with Crippen LogP contribution in [0.2, 0.25) is 0 Å². The summed E-state index contributed by atoms with van der Waals surface area (Å²) in [6, 6.07) is 0. The zero-order valence-corrected chi connectivity index (χ0v) is 9.72. The van der Waals surface area contributed by atoms with Crippen molar-refractivity contribution in [2.75, 3.05) is 0 Å². The molecule has 0 bridgehead atoms. The van der Waals surface area contributed by atoms with Crippen molar-refractivity contribution < 1.29 is 4.79 Å². The van der Waals surface area contributed by atoms with Gasteiger partial charge in [0.1, 0.15) is 5.78 Å². The summed E-state index contributed by atoms with van der Waals surface area (Å²) in [5, 5.41) is 0. The Labute approximate surface area is 88.3 Å². The molecular weight excluding hydrogens is 172 g/mol. The van der Waals surface area contributed by atoms with Crippen LogP contribution >= 0.6 is 0 Å². The quantitative estimate of drug-likeness (QED) is 0.628. The van der Waals surface area contributed by atoms with Crippen LogP contribution in [0.5, 0.6) is 0 Å². The van der Waals surface area contributed by atoms with E-state index < -0.39 is 0 Å². The first-order valence-corrected chi connectivity index (χ1v) is 6.29. The first-order chi connectivity index (χ1) is 6.77. The van der Waals surface area contributed by atoms with Crippen LogP contribution < -0.4 is 0 Å². The van der Waals surface area contributed by atoms with Gasteiger partial charge in [-0.05, 0) is 24.7 Å². The maximum Gasteiger partial charge on any atom is 0.133 e. The van der Waals surface area contributed by atoms with Gasteiger partial charge in [-0.1, -0.05) is 39.5 Å². The molecule has 0 aromatic rings. The zero-order valence-electron chi connectivity index (χ0n) is 9.72. The molecule has 0 radical (unpaired) electrons. The van der Waals surface area contributed by atoms with E-state index in [1.54, 1.807) is 0 Å². The number of hydrogen-bond donors (Lipinski definition) is 0. The monoisotopic (exact) mass is 196 g/mol. The lowest BCUT2D eigenvalue weighted by Gasteiger charge is -2.17. The summed E-state index contributed by atoms with van der Waals surface area (Å²) in [4.78, 5) is 11.4. The molecule has 1 nitrogen and oxygen atoms in total. The van der Waals surface area contributed by atoms with E-state index in [2.05, 4.69) is 13.8 Å². The highest BCUT2D eigenvalue weighted by atomic mass is 16.1. The molecule has 2 unspecified atom stereocenters. The van der Waals surface area contributed by atoms with Crippen LogP contribution in [0.4, 0.5) is 0 Å². The van der Waals surface area contributed by atoms with Gasteiger partial charge in [0.15, 0.2) is 0 Å². The summed E-state index contributed by atoms with van der Waals surface area (Å²) < 4.78 is 0. The Morgan fingerprint density at radius 3 is 1.79 bits per heavy atom. The molecule has 1 aliphatic carbocycles. The fraction of sp³-hybridized carbons (Fsp3) is 0.923. The summed E-state index contributed by atoms with van der Waals surface area (Å²) in [7, 11) is 0. The fourth-order valence-corrected chi connectivity index (χ4v) is 2.61. The van der Waals surface area contributed by atoms with E-state index in [-0.39, 0.29) is 0 Å². The second-order valence-electron chi connectivity index (χ2n) is 4.75. The minimum Gasteiger partial charge on any atom is -0.300 e. The number of Topliss-reactive ketones (excluding diaryl/α,β-unsaturated/α-hetero) is 1. The Bertz CT molecular complexity index is 156. The molecule has 0 amide bonds. The second-order valence-corrected chi connectivity index (χ2v) is 4.75. The smallest absolute Gasteiger partial charge is 0.133 e. The number of carbonyl (C=O) groups is 1. The molecule has 0 heterocycles. The molecule has 1 aliphatic rings. The van der Waals surface area contributed by atoms with Crippen molar-refractivity contribution in [1.82, 2.24) is 0 Å². The molecule has 82 valence electrons. The Morgan fingerprint density at radius 2 is 1.43 bits per heavy atom. The first-order valence-electron chi connectivity index (χ1n) is 6.29. The van der Waals surface area contributed by atoms with Gasteiger partial charge >= 0.3 is 0 Å². The largest absolute Gasteiger partial charge is 0.300 e. The summed E-state index contributed by atoms with van der Waals surface area (Å²) >= 11 is 0. The van der Waals surface area contributed by atoms with Gasteiger partial charge in [0.05, 0.1) is 0 Å². The summed E-state index contributed by atoms with van der Waals surface area (Å²) in [5.74, 6) is 1.98. The maximum atomic E-state index is 11.4. The van der Waals surface area contributed by atoms with Gasteiger partial charge in [-0.3, -0.25) is 4.79 Å². The minimum absolute atomic E-state index is 0.521. The van der Waals surface area contributed by atoms with E-state index in [0.717, 1.165) is 24.7 Å². The van der Waals surface area contributed by atoms with Crippen LogP contribution in [0.15, 0.2) is 0 Å². The highest BCUT2D eigenvalue weighted by Crippen LogP contribution is 2.36. The highest BCUT2D eigenvalue weighted by Gasteiger charge is 2.31. The summed E-state index contributed by atoms with van der Waals surface area (Å²) in [5.41, 5.74) is 0. The normalized spacial score (nSPS) is 27.1. The molecule has 1 rings (SSSR count). The first kappa shape index (κ1) is 11.7. The third-order valence-electron chi connectivity index (χ3n) is 3.50. The van der Waals surface area contributed by atoms with Crippen LogP contribution in [-0.4, -0.2) is 5.78 Å². The van der Waals surface area contributed by atoms with Gasteiger partial charge in [-0.2, -0.15) is 0 Å². The van der Waals surface area contributed by atoms with Gasteiger partial charge < -0.3 is 0 Å². The Kier molecular flexibility index (Phi) is 5.21. The van der Waals surface area contributed by atoms with Crippen molar-refractivity contribution in [3.05, 3.63) is 0 Å². The maximum absolute atomic E-state index is 11.4. The molecule has 0 saturated heterocycles. The Morgan fingerprint density at radius 1 is 1.00 bits per heavy atom. The molecule has 0 aromatic carbocycles. The molecule has 0 N–H and O–H groups in total. The van der Waals surface area contributed by atoms with Crippen molar-refractivity contribution in [2.24, 2.45) is 11.8 Å². The third-order valence-corrected chi connectivity index (χ3v) is 3.50. The Hall–Kier alpha value is -0.330. The van der Waals surface area contributed by atoms with Crippen LogP contribution in [-0.2, 0) is 4.79 Å². The molecule has 0 aromatic heterocycles. The lowest BCUT2D eigenvalue weighted by Crippen LogP contribution is -2.07. The zero-order chi connectivity index (χ0) is 10.4.